The monoisotopic (exact) mass is 601 g/mol. The van der Waals surface area contributed by atoms with Gasteiger partial charge in [0.25, 0.3) is 0 Å². The topological polar surface area (TPSA) is 109 Å². The molecule has 3 unspecified atom stereocenters. The zero-order valence-corrected chi connectivity index (χ0v) is 25.4. The predicted octanol–water partition coefficient (Wildman–Crippen LogP) is 5.24. The summed E-state index contributed by atoms with van der Waals surface area (Å²) in [5, 5.41) is 14.8. The molecular weight excluding hydrogens is 558 g/mol. The summed E-state index contributed by atoms with van der Waals surface area (Å²) in [5.74, 6) is -0.474. The SMILES string of the molecule is CCOC(=O)CNC(=O)NCc1ccccc1-c1ccc(C2OC(CN3CCCCC3)CC(c3ccc(CO)cc3)O2)cc1. The largest absolute Gasteiger partial charge is 0.465 e. The number of urea groups is 1. The van der Waals surface area contributed by atoms with Crippen LogP contribution in [0.2, 0.25) is 0 Å². The summed E-state index contributed by atoms with van der Waals surface area (Å²) in [6.45, 7) is 5.24. The summed E-state index contributed by atoms with van der Waals surface area (Å²) in [5.41, 5.74) is 5.87. The summed E-state index contributed by atoms with van der Waals surface area (Å²) in [6, 6.07) is 23.7. The Labute approximate surface area is 259 Å². The van der Waals surface area contributed by atoms with Crippen molar-refractivity contribution in [1.29, 1.82) is 0 Å². The number of carbonyl (C=O) groups is 2. The van der Waals surface area contributed by atoms with Crippen LogP contribution >= 0.6 is 0 Å². The highest BCUT2D eigenvalue weighted by Crippen LogP contribution is 2.39. The molecule has 0 aliphatic carbocycles. The van der Waals surface area contributed by atoms with Crippen LogP contribution in [0.25, 0.3) is 11.1 Å². The van der Waals surface area contributed by atoms with Crippen molar-refractivity contribution in [2.45, 2.75) is 64.3 Å². The molecule has 3 aromatic carbocycles. The smallest absolute Gasteiger partial charge is 0.325 e. The lowest BCUT2D eigenvalue weighted by Crippen LogP contribution is -2.41. The van der Waals surface area contributed by atoms with Crippen molar-refractivity contribution < 1.29 is 28.9 Å². The zero-order chi connectivity index (χ0) is 30.7. The maximum Gasteiger partial charge on any atom is 0.325 e. The first-order valence-electron chi connectivity index (χ1n) is 15.6. The van der Waals surface area contributed by atoms with E-state index in [1.54, 1.807) is 6.92 Å². The van der Waals surface area contributed by atoms with Gasteiger partial charge in [-0.1, -0.05) is 79.2 Å². The number of hydrogen-bond donors (Lipinski definition) is 3. The molecule has 2 saturated heterocycles. The van der Waals surface area contributed by atoms with Crippen molar-refractivity contribution >= 4 is 12.0 Å². The molecule has 9 heteroatoms. The number of ether oxygens (including phenoxy) is 3. The fourth-order valence-electron chi connectivity index (χ4n) is 5.84. The van der Waals surface area contributed by atoms with Gasteiger partial charge < -0.3 is 34.9 Å². The predicted molar refractivity (Wildman–Crippen MR) is 167 cm³/mol. The van der Waals surface area contributed by atoms with Gasteiger partial charge in [0.15, 0.2) is 6.29 Å². The minimum atomic E-state index is -0.505. The number of hydrogen-bond acceptors (Lipinski definition) is 7. The molecule has 2 heterocycles. The maximum atomic E-state index is 12.2. The van der Waals surface area contributed by atoms with Crippen LogP contribution in [0.5, 0.6) is 0 Å². The highest BCUT2D eigenvalue weighted by atomic mass is 16.7. The molecule has 0 aromatic heterocycles. The minimum Gasteiger partial charge on any atom is -0.465 e. The molecule has 0 radical (unpaired) electrons. The number of aliphatic hydroxyl groups is 1. The van der Waals surface area contributed by atoms with E-state index >= 15 is 0 Å². The molecule has 3 aromatic rings. The van der Waals surface area contributed by atoms with Crippen LogP contribution in [0.1, 0.15) is 67.3 Å². The van der Waals surface area contributed by atoms with Crippen LogP contribution in [-0.4, -0.2) is 60.9 Å². The van der Waals surface area contributed by atoms with Gasteiger partial charge >= 0.3 is 12.0 Å². The first-order chi connectivity index (χ1) is 21.5. The summed E-state index contributed by atoms with van der Waals surface area (Å²) in [6.07, 6.45) is 3.95. The van der Waals surface area contributed by atoms with Crippen molar-refractivity contribution in [2.24, 2.45) is 0 Å². The standard InChI is InChI=1S/C35H43N3O6/c1-2-42-33(40)22-37-35(41)36-21-29-8-4-5-9-31(29)26-14-16-28(17-15-26)34-43-30(23-38-18-6-3-7-19-38)20-32(44-34)27-12-10-25(24-39)11-13-27/h4-5,8-17,30,32,34,39H,2-3,6-7,18-24H2,1H3,(H2,36,37,41). The first kappa shape index (κ1) is 31.7. The molecule has 2 amide bonds. The normalized spacial score (nSPS) is 20.5. The average molecular weight is 602 g/mol. The first-order valence-corrected chi connectivity index (χ1v) is 15.6. The second-order valence-electron chi connectivity index (χ2n) is 11.3. The molecule has 0 spiro atoms. The van der Waals surface area contributed by atoms with Gasteiger partial charge in [0.05, 0.1) is 25.4 Å². The Morgan fingerprint density at radius 3 is 2.36 bits per heavy atom. The second kappa shape index (κ2) is 15.8. The molecule has 5 rings (SSSR count). The Hall–Kier alpha value is -3.76. The Morgan fingerprint density at radius 1 is 0.909 bits per heavy atom. The molecule has 2 aliphatic rings. The van der Waals surface area contributed by atoms with E-state index in [4.69, 9.17) is 14.2 Å². The fourth-order valence-corrected chi connectivity index (χ4v) is 5.84. The van der Waals surface area contributed by atoms with E-state index < -0.39 is 18.3 Å². The number of esters is 1. The minimum absolute atomic E-state index is 0.0172. The highest BCUT2D eigenvalue weighted by Gasteiger charge is 2.33. The lowest BCUT2D eigenvalue weighted by Gasteiger charge is -2.39. The van der Waals surface area contributed by atoms with Crippen molar-refractivity contribution in [3.05, 3.63) is 95.1 Å². The van der Waals surface area contributed by atoms with Gasteiger partial charge in [0, 0.05) is 25.1 Å². The maximum absolute atomic E-state index is 12.2. The van der Waals surface area contributed by atoms with Crippen LogP contribution in [0.15, 0.2) is 72.8 Å². The Bertz CT molecular complexity index is 1360. The van der Waals surface area contributed by atoms with Crippen LogP contribution < -0.4 is 10.6 Å². The van der Waals surface area contributed by atoms with Crippen LogP contribution in [0, 0.1) is 0 Å². The van der Waals surface area contributed by atoms with Crippen molar-refractivity contribution in [1.82, 2.24) is 15.5 Å². The number of likely N-dealkylation sites (tertiary alicyclic amines) is 1. The van der Waals surface area contributed by atoms with Gasteiger partial charge in [-0.2, -0.15) is 0 Å². The number of amides is 2. The van der Waals surface area contributed by atoms with E-state index in [1.165, 1.54) is 19.3 Å². The second-order valence-corrected chi connectivity index (χ2v) is 11.3. The van der Waals surface area contributed by atoms with Crippen LogP contribution in [0.3, 0.4) is 0 Å². The summed E-state index contributed by atoms with van der Waals surface area (Å²) < 4.78 is 18.0. The van der Waals surface area contributed by atoms with Crippen LogP contribution in [-0.2, 0) is 32.2 Å². The molecule has 9 nitrogen and oxygen atoms in total. The molecular formula is C35H43N3O6. The van der Waals surface area contributed by atoms with Crippen molar-refractivity contribution in [2.75, 3.05) is 32.8 Å². The van der Waals surface area contributed by atoms with E-state index in [2.05, 4.69) is 27.7 Å². The number of aliphatic hydroxyl groups excluding tert-OH is 1. The van der Waals surface area contributed by atoms with E-state index in [1.807, 2.05) is 60.7 Å². The molecule has 0 saturated carbocycles. The van der Waals surface area contributed by atoms with Crippen molar-refractivity contribution in [3.8, 4) is 11.1 Å². The van der Waals surface area contributed by atoms with Gasteiger partial charge in [-0.05, 0) is 60.7 Å². The van der Waals surface area contributed by atoms with Gasteiger partial charge in [0.1, 0.15) is 6.54 Å². The number of nitrogens with one attached hydrogen (secondary N) is 2. The molecule has 2 aliphatic heterocycles. The fraction of sp³-hybridized carbons (Fsp3) is 0.429. The van der Waals surface area contributed by atoms with Gasteiger partial charge in [0.2, 0.25) is 0 Å². The zero-order valence-electron chi connectivity index (χ0n) is 25.4. The summed E-state index contributed by atoms with van der Waals surface area (Å²) in [7, 11) is 0. The van der Waals surface area contributed by atoms with E-state index in [9.17, 15) is 14.7 Å². The third-order valence-electron chi connectivity index (χ3n) is 8.17. The number of piperidine rings is 1. The molecule has 234 valence electrons. The van der Waals surface area contributed by atoms with Crippen molar-refractivity contribution in [3.63, 3.8) is 0 Å². The molecule has 0 bridgehead atoms. The van der Waals surface area contributed by atoms with Crippen LogP contribution in [0.4, 0.5) is 4.79 Å². The van der Waals surface area contributed by atoms with E-state index in [-0.39, 0.29) is 32.0 Å². The van der Waals surface area contributed by atoms with E-state index in [0.717, 1.165) is 59.4 Å². The van der Waals surface area contributed by atoms with E-state index in [0.29, 0.717) is 6.54 Å². The third-order valence-corrected chi connectivity index (χ3v) is 8.17. The summed E-state index contributed by atoms with van der Waals surface area (Å²) >= 11 is 0. The number of benzene rings is 3. The van der Waals surface area contributed by atoms with Gasteiger partial charge in [-0.25, -0.2) is 4.79 Å². The lowest BCUT2D eigenvalue weighted by atomic mass is 9.97. The molecule has 3 N–H and O–H groups in total. The molecule has 44 heavy (non-hydrogen) atoms. The molecule has 3 atom stereocenters. The lowest BCUT2D eigenvalue weighted by molar-refractivity contribution is -0.253. The Kier molecular flexibility index (Phi) is 11.4. The number of carbonyl (C=O) groups excluding carboxylic acids is 2. The number of rotatable bonds is 11. The molecule has 2 fully saturated rings. The quantitative estimate of drug-likeness (QED) is 0.258. The third kappa shape index (κ3) is 8.66. The highest BCUT2D eigenvalue weighted by molar-refractivity contribution is 5.81. The summed E-state index contributed by atoms with van der Waals surface area (Å²) in [4.78, 5) is 26.3. The van der Waals surface area contributed by atoms with Gasteiger partial charge in [-0.15, -0.1) is 0 Å². The average Bonchev–Trinajstić information content (AvgIpc) is 3.07. The Morgan fingerprint density at radius 2 is 1.64 bits per heavy atom. The Balaban J connectivity index is 1.28. The number of nitrogens with zero attached hydrogens (tertiary/aromatic N) is 1. The van der Waals surface area contributed by atoms with Gasteiger partial charge in [-0.3, -0.25) is 4.79 Å².